The van der Waals surface area contributed by atoms with Gasteiger partial charge in [0.15, 0.2) is 0 Å². The van der Waals surface area contributed by atoms with Crippen molar-refractivity contribution in [1.29, 1.82) is 0 Å². The van der Waals surface area contributed by atoms with Gasteiger partial charge in [-0.15, -0.1) is 0 Å². The monoisotopic (exact) mass is 1180 g/mol. The lowest BCUT2D eigenvalue weighted by Crippen LogP contribution is -2.28. The summed E-state index contributed by atoms with van der Waals surface area (Å²) in [6.45, 7) is 0. The summed E-state index contributed by atoms with van der Waals surface area (Å²) in [4.78, 5) is 0. The SMILES string of the molecule is c1ccc(-c2ccc(-c3ccc(C4(c5cccc(-c6ccc(-c7ccc(-c8ccc(-n9c%10ccccc%10c%10cc(-c%11ccc%12c(c%11)c%11ccccc%11n%12-c%11ccccc%11-c%11ccccc%11)ccc%109)cc8)cc7)cc6)c5)c5ccccc5-c5ccccc54)cc3)cc2)cc1. The van der Waals surface area contributed by atoms with Crippen molar-refractivity contribution in [2.75, 3.05) is 0 Å². The lowest BCUT2D eigenvalue weighted by atomic mass is 9.67. The van der Waals surface area contributed by atoms with Crippen LogP contribution in [-0.4, -0.2) is 9.13 Å². The molecule has 18 rings (SSSR count). The highest BCUT2D eigenvalue weighted by Crippen LogP contribution is 2.57. The van der Waals surface area contributed by atoms with Crippen molar-refractivity contribution in [2.24, 2.45) is 0 Å². The van der Waals surface area contributed by atoms with Gasteiger partial charge in [0.05, 0.1) is 33.2 Å². The van der Waals surface area contributed by atoms with Crippen LogP contribution in [0.15, 0.2) is 364 Å². The summed E-state index contributed by atoms with van der Waals surface area (Å²) in [6.07, 6.45) is 0. The van der Waals surface area contributed by atoms with E-state index in [0.29, 0.717) is 0 Å². The molecule has 0 atom stereocenters. The highest BCUT2D eigenvalue weighted by atomic mass is 15.0. The lowest BCUT2D eigenvalue weighted by molar-refractivity contribution is 0.769. The van der Waals surface area contributed by atoms with Crippen LogP contribution in [0.2, 0.25) is 0 Å². The molecule has 0 unspecified atom stereocenters. The average Bonchev–Trinajstić information content (AvgIpc) is 1.58. The molecule has 2 heterocycles. The molecule has 0 N–H and O–H groups in total. The number of hydrogen-bond acceptors (Lipinski definition) is 0. The number of rotatable bonds is 11. The van der Waals surface area contributed by atoms with E-state index in [-0.39, 0.29) is 0 Å². The van der Waals surface area contributed by atoms with Gasteiger partial charge in [-0.2, -0.15) is 0 Å². The molecule has 0 spiro atoms. The summed E-state index contributed by atoms with van der Waals surface area (Å²) in [5.41, 5.74) is 31.0. The molecule has 434 valence electrons. The van der Waals surface area contributed by atoms with Gasteiger partial charge in [-0.25, -0.2) is 0 Å². The lowest BCUT2D eigenvalue weighted by Gasteiger charge is -2.34. The zero-order valence-electron chi connectivity index (χ0n) is 51.0. The van der Waals surface area contributed by atoms with Gasteiger partial charge in [-0.05, 0) is 166 Å². The first-order valence-electron chi connectivity index (χ1n) is 32.2. The molecule has 93 heavy (non-hydrogen) atoms. The van der Waals surface area contributed by atoms with Gasteiger partial charge < -0.3 is 9.13 Å². The van der Waals surface area contributed by atoms with Crippen LogP contribution in [0, 0.1) is 0 Å². The summed E-state index contributed by atoms with van der Waals surface area (Å²) < 4.78 is 4.85. The Labute approximate surface area is 541 Å². The van der Waals surface area contributed by atoms with Crippen LogP contribution in [0.5, 0.6) is 0 Å². The van der Waals surface area contributed by atoms with E-state index in [4.69, 9.17) is 0 Å². The normalized spacial score (nSPS) is 12.4. The molecule has 0 amide bonds. The Morgan fingerprint density at radius 3 is 1.05 bits per heavy atom. The Morgan fingerprint density at radius 1 is 0.183 bits per heavy atom. The quantitative estimate of drug-likeness (QED) is 0.122. The minimum absolute atomic E-state index is 0.515. The van der Waals surface area contributed by atoms with E-state index in [1.54, 1.807) is 0 Å². The molecule has 2 aromatic heterocycles. The van der Waals surface area contributed by atoms with Crippen LogP contribution in [-0.2, 0) is 5.41 Å². The van der Waals surface area contributed by atoms with E-state index in [2.05, 4.69) is 373 Å². The van der Waals surface area contributed by atoms with Crippen molar-refractivity contribution in [1.82, 2.24) is 9.13 Å². The summed E-state index contributed by atoms with van der Waals surface area (Å²) >= 11 is 0. The number of benzene rings is 15. The minimum Gasteiger partial charge on any atom is -0.309 e. The van der Waals surface area contributed by atoms with Gasteiger partial charge in [0.25, 0.3) is 0 Å². The van der Waals surface area contributed by atoms with Crippen LogP contribution < -0.4 is 0 Å². The maximum Gasteiger partial charge on any atom is 0.0713 e. The fourth-order valence-corrected chi connectivity index (χ4v) is 15.2. The average molecular weight is 1180 g/mol. The van der Waals surface area contributed by atoms with Crippen molar-refractivity contribution < 1.29 is 0 Å². The summed E-state index contributed by atoms with van der Waals surface area (Å²) in [6, 6.07) is 134. The number of nitrogens with zero attached hydrogens (tertiary/aromatic N) is 2. The van der Waals surface area contributed by atoms with E-state index < -0.39 is 5.41 Å². The van der Waals surface area contributed by atoms with E-state index in [9.17, 15) is 0 Å². The fraction of sp³-hybridized carbons (Fsp3) is 0.0110. The van der Waals surface area contributed by atoms with Gasteiger partial charge in [0.2, 0.25) is 0 Å². The number of aromatic nitrogens is 2. The van der Waals surface area contributed by atoms with Gasteiger partial charge in [0, 0.05) is 32.8 Å². The Kier molecular flexibility index (Phi) is 12.8. The third-order valence-electron chi connectivity index (χ3n) is 19.7. The Morgan fingerprint density at radius 2 is 0.527 bits per heavy atom. The first kappa shape index (κ1) is 53.9. The molecule has 1 aliphatic rings. The van der Waals surface area contributed by atoms with Crippen molar-refractivity contribution in [3.05, 3.63) is 386 Å². The molecule has 1 aliphatic carbocycles. The Bertz CT molecular complexity index is 5630. The fourth-order valence-electron chi connectivity index (χ4n) is 15.2. The molecule has 0 fully saturated rings. The molecule has 0 radical (unpaired) electrons. The van der Waals surface area contributed by atoms with Gasteiger partial charge in [0.1, 0.15) is 0 Å². The van der Waals surface area contributed by atoms with Gasteiger partial charge in [-0.1, -0.05) is 303 Å². The standard InChI is InChI=1S/C91H60N2/c1-3-18-61(19-4-1)62-34-36-65(37-35-62)67-46-52-74(53-47-67)91(84-29-12-7-25-78(84)79-26-8-13-30-85(79)91)75-23-17-22-71(58-75)69-44-42-64(43-45-69)63-38-40-66(41-39-63)68-48-54-76(55-49-68)92-87-32-15-10-27-80(87)82-59-72(50-56-89(82)92)73-51-57-90-83(60-73)81-28-11-16-33-88(81)93(90)86-31-14-9-24-77(86)70-20-5-2-6-21-70/h1-60H. The summed E-state index contributed by atoms with van der Waals surface area (Å²) in [5.74, 6) is 0. The molecule has 2 heteroatoms. The Hall–Kier alpha value is -12.1. The number of para-hydroxylation sites is 3. The van der Waals surface area contributed by atoms with Crippen molar-refractivity contribution in [3.8, 4) is 100 Å². The molecule has 17 aromatic rings. The Balaban J connectivity index is 0.619. The predicted molar refractivity (Wildman–Crippen MR) is 390 cm³/mol. The summed E-state index contributed by atoms with van der Waals surface area (Å²) in [7, 11) is 0. The maximum absolute atomic E-state index is 2.44. The minimum atomic E-state index is -0.515. The van der Waals surface area contributed by atoms with Crippen LogP contribution in [0.1, 0.15) is 22.3 Å². The van der Waals surface area contributed by atoms with Gasteiger partial charge in [-0.3, -0.25) is 0 Å². The molecule has 0 saturated carbocycles. The molecule has 2 nitrogen and oxygen atoms in total. The number of hydrogen-bond donors (Lipinski definition) is 0. The van der Waals surface area contributed by atoms with Crippen LogP contribution in [0.25, 0.3) is 144 Å². The van der Waals surface area contributed by atoms with E-state index >= 15 is 0 Å². The second kappa shape index (κ2) is 22.1. The largest absolute Gasteiger partial charge is 0.309 e. The van der Waals surface area contributed by atoms with Crippen LogP contribution in [0.4, 0.5) is 0 Å². The molecular formula is C91H60N2. The van der Waals surface area contributed by atoms with Crippen molar-refractivity contribution in [2.45, 2.75) is 5.41 Å². The summed E-state index contributed by atoms with van der Waals surface area (Å²) in [5, 5.41) is 4.95. The first-order chi connectivity index (χ1) is 46.1. The second-order valence-electron chi connectivity index (χ2n) is 24.7. The van der Waals surface area contributed by atoms with Crippen molar-refractivity contribution in [3.63, 3.8) is 0 Å². The van der Waals surface area contributed by atoms with E-state index in [1.165, 1.54) is 161 Å². The zero-order chi connectivity index (χ0) is 61.4. The first-order valence-corrected chi connectivity index (χ1v) is 32.2. The topological polar surface area (TPSA) is 9.86 Å². The van der Waals surface area contributed by atoms with E-state index in [0.717, 1.165) is 5.69 Å². The third-order valence-corrected chi connectivity index (χ3v) is 19.7. The molecule has 15 aromatic carbocycles. The molecule has 0 saturated heterocycles. The highest BCUT2D eigenvalue weighted by molar-refractivity contribution is 6.13. The smallest absolute Gasteiger partial charge is 0.0713 e. The second-order valence-corrected chi connectivity index (χ2v) is 24.7. The number of fused-ring (bicyclic) bond motifs is 9. The maximum atomic E-state index is 2.44. The third kappa shape index (κ3) is 8.94. The van der Waals surface area contributed by atoms with Crippen molar-refractivity contribution >= 4 is 43.6 Å². The highest BCUT2D eigenvalue weighted by Gasteiger charge is 2.46. The predicted octanol–water partition coefficient (Wildman–Crippen LogP) is 23.9. The van der Waals surface area contributed by atoms with Crippen LogP contribution >= 0.6 is 0 Å². The van der Waals surface area contributed by atoms with Crippen LogP contribution in [0.3, 0.4) is 0 Å². The van der Waals surface area contributed by atoms with E-state index in [1.807, 2.05) is 0 Å². The zero-order valence-corrected chi connectivity index (χ0v) is 51.0. The molecule has 0 bridgehead atoms. The molecule has 0 aliphatic heterocycles. The van der Waals surface area contributed by atoms with Gasteiger partial charge >= 0.3 is 0 Å². The molecular weight excluding hydrogens is 1120 g/mol.